The first kappa shape index (κ1) is 20.0. The van der Waals surface area contributed by atoms with E-state index in [-0.39, 0.29) is 24.0 Å². The van der Waals surface area contributed by atoms with Gasteiger partial charge in [-0.05, 0) is 19.9 Å². The summed E-state index contributed by atoms with van der Waals surface area (Å²) in [7, 11) is 3.20. The maximum Gasteiger partial charge on any atom is 0.401 e. The van der Waals surface area contributed by atoms with Crippen LogP contribution in [0.25, 0.3) is 0 Å². The lowest BCUT2D eigenvalue weighted by Gasteiger charge is -2.25. The molecule has 1 N–H and O–H groups in total. The molecule has 24 heavy (non-hydrogen) atoms. The average molecular weight is 462 g/mol. The van der Waals surface area contributed by atoms with Crippen LogP contribution >= 0.6 is 24.0 Å². The fraction of sp³-hybridized carbons (Fsp3) is 0.933. The van der Waals surface area contributed by atoms with E-state index in [0.717, 1.165) is 31.9 Å². The fourth-order valence-electron chi connectivity index (χ4n) is 4.21. The third kappa shape index (κ3) is 4.46. The zero-order valence-electron chi connectivity index (χ0n) is 14.1. The number of hydrogen-bond donors (Lipinski definition) is 1. The Hall–Kier alpha value is -0.290. The molecule has 3 heterocycles. The molecule has 3 aliphatic rings. The Balaban J connectivity index is 0.00000208. The second kappa shape index (κ2) is 7.94. The van der Waals surface area contributed by atoms with Gasteiger partial charge in [0.1, 0.15) is 0 Å². The molecule has 0 saturated carbocycles. The molecule has 4 atom stereocenters. The molecular weight excluding hydrogens is 436 g/mol. The standard InChI is InChI=1S/C15H25F3N4O.HI/c1-19-14(20-5-6-21(2)9-15(16,17)18)22-7-10-11(8-22)13-4-3-12(10)23-13;/h10-13H,3-9H2,1-2H3,(H,19,20);1H. The lowest BCUT2D eigenvalue weighted by Crippen LogP contribution is -2.44. The first-order valence-corrected chi connectivity index (χ1v) is 8.24. The van der Waals surface area contributed by atoms with E-state index in [9.17, 15) is 13.2 Å². The molecule has 5 nitrogen and oxygen atoms in total. The molecular formula is C15H26F3IN4O. The van der Waals surface area contributed by atoms with Crippen LogP contribution in [0.5, 0.6) is 0 Å². The first-order valence-electron chi connectivity index (χ1n) is 8.24. The molecule has 9 heteroatoms. The van der Waals surface area contributed by atoms with Gasteiger partial charge in [0.2, 0.25) is 0 Å². The molecule has 3 fully saturated rings. The molecule has 0 aliphatic carbocycles. The highest BCUT2D eigenvalue weighted by Gasteiger charge is 2.53. The molecule has 0 amide bonds. The predicted octanol–water partition coefficient (Wildman–Crippen LogP) is 1.78. The van der Waals surface area contributed by atoms with Gasteiger partial charge >= 0.3 is 6.18 Å². The van der Waals surface area contributed by atoms with E-state index in [0.29, 0.717) is 37.1 Å². The Labute approximate surface area is 158 Å². The first-order chi connectivity index (χ1) is 10.9. The second-order valence-corrected chi connectivity index (χ2v) is 6.85. The molecule has 2 bridgehead atoms. The normalized spacial score (nSPS) is 32.2. The number of rotatable bonds is 4. The van der Waals surface area contributed by atoms with E-state index in [1.54, 1.807) is 7.05 Å². The Morgan fingerprint density at radius 1 is 1.25 bits per heavy atom. The molecule has 140 valence electrons. The number of ether oxygens (including phenoxy) is 1. The fourth-order valence-corrected chi connectivity index (χ4v) is 4.21. The van der Waals surface area contributed by atoms with Crippen molar-refractivity contribution >= 4 is 29.9 Å². The summed E-state index contributed by atoms with van der Waals surface area (Å²) in [5.74, 6) is 1.96. The Bertz CT molecular complexity index is 444. The minimum absolute atomic E-state index is 0. The monoisotopic (exact) mass is 462 g/mol. The van der Waals surface area contributed by atoms with Gasteiger partial charge < -0.3 is 15.0 Å². The summed E-state index contributed by atoms with van der Waals surface area (Å²) in [6.45, 7) is 1.76. The van der Waals surface area contributed by atoms with Gasteiger partial charge in [-0.2, -0.15) is 13.2 Å². The highest BCUT2D eigenvalue weighted by Crippen LogP contribution is 2.47. The highest BCUT2D eigenvalue weighted by atomic mass is 127. The topological polar surface area (TPSA) is 40.1 Å². The van der Waals surface area contributed by atoms with Gasteiger partial charge in [0.15, 0.2) is 5.96 Å². The Morgan fingerprint density at radius 3 is 2.33 bits per heavy atom. The molecule has 0 radical (unpaired) electrons. The van der Waals surface area contributed by atoms with Gasteiger partial charge in [0.05, 0.1) is 18.8 Å². The molecule has 0 spiro atoms. The highest BCUT2D eigenvalue weighted by molar-refractivity contribution is 14.0. The number of guanidine groups is 1. The minimum Gasteiger partial charge on any atom is -0.374 e. The van der Waals surface area contributed by atoms with Crippen LogP contribution in [0.15, 0.2) is 4.99 Å². The summed E-state index contributed by atoms with van der Waals surface area (Å²) >= 11 is 0. The summed E-state index contributed by atoms with van der Waals surface area (Å²) < 4.78 is 42.9. The van der Waals surface area contributed by atoms with Crippen molar-refractivity contribution in [3.8, 4) is 0 Å². The second-order valence-electron chi connectivity index (χ2n) is 6.85. The smallest absolute Gasteiger partial charge is 0.374 e. The number of fused-ring (bicyclic) bond motifs is 5. The van der Waals surface area contributed by atoms with Crippen molar-refractivity contribution in [2.24, 2.45) is 16.8 Å². The number of halogens is 4. The van der Waals surface area contributed by atoms with Gasteiger partial charge in [-0.25, -0.2) is 0 Å². The number of likely N-dealkylation sites (N-methyl/N-ethyl adjacent to an activating group) is 1. The van der Waals surface area contributed by atoms with Gasteiger partial charge in [-0.3, -0.25) is 9.89 Å². The molecule has 0 aromatic rings. The van der Waals surface area contributed by atoms with Gasteiger partial charge in [-0.15, -0.1) is 24.0 Å². The number of hydrogen-bond acceptors (Lipinski definition) is 3. The van der Waals surface area contributed by atoms with E-state index in [1.807, 2.05) is 0 Å². The van der Waals surface area contributed by atoms with Crippen LogP contribution in [0.2, 0.25) is 0 Å². The SMILES string of the molecule is CN=C(NCCN(C)CC(F)(F)F)N1CC2C3CCC(O3)C2C1.I. The van der Waals surface area contributed by atoms with Crippen LogP contribution < -0.4 is 5.32 Å². The zero-order chi connectivity index (χ0) is 16.6. The van der Waals surface area contributed by atoms with Crippen LogP contribution in [0, 0.1) is 11.8 Å². The van der Waals surface area contributed by atoms with Gasteiger partial charge in [0, 0.05) is 45.1 Å². The lowest BCUT2D eigenvalue weighted by molar-refractivity contribution is -0.142. The number of likely N-dealkylation sites (tertiary alicyclic amines) is 1. The van der Waals surface area contributed by atoms with E-state index >= 15 is 0 Å². The predicted molar refractivity (Wildman–Crippen MR) is 96.8 cm³/mol. The number of alkyl halides is 3. The molecule has 3 rings (SSSR count). The molecule has 3 saturated heterocycles. The van der Waals surface area contributed by atoms with Crippen LogP contribution in [0.3, 0.4) is 0 Å². The van der Waals surface area contributed by atoms with Crippen molar-refractivity contribution in [1.82, 2.24) is 15.1 Å². The molecule has 4 unspecified atom stereocenters. The van der Waals surface area contributed by atoms with Crippen molar-refractivity contribution in [2.75, 3.05) is 46.8 Å². The van der Waals surface area contributed by atoms with Crippen molar-refractivity contribution in [2.45, 2.75) is 31.2 Å². The number of aliphatic imine (C=N–C) groups is 1. The Morgan fingerprint density at radius 2 is 1.83 bits per heavy atom. The maximum atomic E-state index is 12.3. The average Bonchev–Trinajstić information content (AvgIpc) is 3.13. The summed E-state index contributed by atoms with van der Waals surface area (Å²) in [4.78, 5) is 7.79. The van der Waals surface area contributed by atoms with Crippen molar-refractivity contribution < 1.29 is 17.9 Å². The lowest BCUT2D eigenvalue weighted by atomic mass is 9.82. The van der Waals surface area contributed by atoms with Crippen molar-refractivity contribution in [3.63, 3.8) is 0 Å². The van der Waals surface area contributed by atoms with Gasteiger partial charge in [0.25, 0.3) is 0 Å². The Kier molecular flexibility index (Phi) is 6.63. The summed E-state index contributed by atoms with van der Waals surface area (Å²) in [5, 5.41) is 3.19. The number of nitrogens with zero attached hydrogens (tertiary/aromatic N) is 3. The van der Waals surface area contributed by atoms with Crippen molar-refractivity contribution in [3.05, 3.63) is 0 Å². The minimum atomic E-state index is -4.15. The van der Waals surface area contributed by atoms with Crippen LogP contribution in [0.4, 0.5) is 13.2 Å². The quantitative estimate of drug-likeness (QED) is 0.393. The summed E-state index contributed by atoms with van der Waals surface area (Å²) in [6, 6.07) is 0. The van der Waals surface area contributed by atoms with Gasteiger partial charge in [-0.1, -0.05) is 0 Å². The largest absolute Gasteiger partial charge is 0.401 e. The zero-order valence-corrected chi connectivity index (χ0v) is 16.4. The summed E-state index contributed by atoms with van der Waals surface area (Å²) in [6.07, 6.45) is -1.04. The number of nitrogens with one attached hydrogen (secondary N) is 1. The third-order valence-electron chi connectivity index (χ3n) is 5.19. The van der Waals surface area contributed by atoms with Crippen molar-refractivity contribution in [1.29, 1.82) is 0 Å². The van der Waals surface area contributed by atoms with Crippen LogP contribution in [0.1, 0.15) is 12.8 Å². The van der Waals surface area contributed by atoms with E-state index in [2.05, 4.69) is 15.2 Å². The third-order valence-corrected chi connectivity index (χ3v) is 5.19. The molecule has 0 aromatic heterocycles. The maximum absolute atomic E-state index is 12.3. The summed E-state index contributed by atoms with van der Waals surface area (Å²) in [5.41, 5.74) is 0. The van der Waals surface area contributed by atoms with Crippen LogP contribution in [-0.2, 0) is 4.74 Å². The molecule has 3 aliphatic heterocycles. The van der Waals surface area contributed by atoms with Crippen LogP contribution in [-0.4, -0.2) is 81.0 Å². The van der Waals surface area contributed by atoms with E-state index < -0.39 is 12.7 Å². The van der Waals surface area contributed by atoms with E-state index in [1.165, 1.54) is 11.9 Å². The molecule has 0 aromatic carbocycles. The van der Waals surface area contributed by atoms with E-state index in [4.69, 9.17) is 4.74 Å².